The smallest absolute Gasteiger partial charge is 0.187 e. The van der Waals surface area contributed by atoms with Crippen LogP contribution in [0, 0.1) is 13.8 Å². The van der Waals surface area contributed by atoms with Gasteiger partial charge in [-0.1, -0.05) is 54.6 Å². The van der Waals surface area contributed by atoms with Crippen molar-refractivity contribution in [2.45, 2.75) is 20.3 Å². The summed E-state index contributed by atoms with van der Waals surface area (Å²) in [5, 5.41) is 16.5. The zero-order valence-electron chi connectivity index (χ0n) is 16.2. The zero-order valence-corrected chi connectivity index (χ0v) is 16.2. The van der Waals surface area contributed by atoms with Crippen molar-refractivity contribution in [3.05, 3.63) is 77.4 Å². The summed E-state index contributed by atoms with van der Waals surface area (Å²) in [6.45, 7) is 3.75. The van der Waals surface area contributed by atoms with Crippen LogP contribution in [0.15, 0.2) is 54.6 Å². The molecule has 2 N–H and O–H groups in total. The van der Waals surface area contributed by atoms with Crippen molar-refractivity contribution in [1.82, 2.24) is 29.9 Å². The van der Waals surface area contributed by atoms with Gasteiger partial charge in [0.2, 0.25) is 0 Å². The number of anilines is 1. The fourth-order valence-corrected chi connectivity index (χ4v) is 3.70. The Morgan fingerprint density at radius 1 is 0.862 bits per heavy atom. The lowest BCUT2D eigenvalue weighted by atomic mass is 10.0. The van der Waals surface area contributed by atoms with E-state index in [1.54, 1.807) is 11.6 Å². The molecule has 0 unspecified atom stereocenters. The predicted molar refractivity (Wildman–Crippen MR) is 113 cm³/mol. The van der Waals surface area contributed by atoms with Crippen molar-refractivity contribution in [1.29, 1.82) is 0 Å². The van der Waals surface area contributed by atoms with E-state index in [1.807, 2.05) is 43.3 Å². The number of benzene rings is 2. The minimum absolute atomic E-state index is 0.425. The third-order valence-corrected chi connectivity index (χ3v) is 5.06. The molecule has 0 radical (unpaired) electrons. The molecule has 3 heterocycles. The SMILES string of the molecule is Cc1nc(N)c2c(C)n(-c3nnc(Cc4ccccc4)c4ccccc34)nc2n1. The average molecular weight is 381 g/mol. The van der Waals surface area contributed by atoms with Crippen LogP contribution in [0.4, 0.5) is 5.82 Å². The summed E-state index contributed by atoms with van der Waals surface area (Å²) in [5.41, 5.74) is 9.66. The lowest BCUT2D eigenvalue weighted by Gasteiger charge is -2.10. The van der Waals surface area contributed by atoms with E-state index in [2.05, 4.69) is 43.5 Å². The Labute approximate surface area is 167 Å². The van der Waals surface area contributed by atoms with Gasteiger partial charge in [-0.05, 0) is 19.4 Å². The van der Waals surface area contributed by atoms with E-state index in [9.17, 15) is 0 Å². The van der Waals surface area contributed by atoms with Gasteiger partial charge in [0.25, 0.3) is 0 Å². The Hall–Kier alpha value is -3.87. The molecular formula is C22H19N7. The molecule has 0 atom stereocenters. The number of nitrogen functional groups attached to an aromatic ring is 1. The molecule has 0 fully saturated rings. The first kappa shape index (κ1) is 17.2. The van der Waals surface area contributed by atoms with Crippen LogP contribution in [0.25, 0.3) is 27.6 Å². The van der Waals surface area contributed by atoms with Crippen molar-refractivity contribution in [2.24, 2.45) is 0 Å². The number of hydrogen-bond acceptors (Lipinski definition) is 6. The molecule has 0 spiro atoms. The van der Waals surface area contributed by atoms with Crippen molar-refractivity contribution in [3.63, 3.8) is 0 Å². The summed E-state index contributed by atoms with van der Waals surface area (Å²) in [6.07, 6.45) is 0.715. The highest BCUT2D eigenvalue weighted by atomic mass is 15.4. The number of nitrogens with two attached hydrogens (primary N) is 1. The van der Waals surface area contributed by atoms with Crippen LogP contribution >= 0.6 is 0 Å². The summed E-state index contributed by atoms with van der Waals surface area (Å²) in [7, 11) is 0. The summed E-state index contributed by atoms with van der Waals surface area (Å²) < 4.78 is 1.76. The van der Waals surface area contributed by atoms with Crippen LogP contribution in [0.3, 0.4) is 0 Å². The minimum Gasteiger partial charge on any atom is -0.383 e. The molecule has 0 bridgehead atoms. The van der Waals surface area contributed by atoms with E-state index in [-0.39, 0.29) is 0 Å². The highest BCUT2D eigenvalue weighted by Gasteiger charge is 2.18. The molecule has 7 nitrogen and oxygen atoms in total. The van der Waals surface area contributed by atoms with Crippen LogP contribution < -0.4 is 5.73 Å². The van der Waals surface area contributed by atoms with Gasteiger partial charge in [-0.25, -0.2) is 14.6 Å². The van der Waals surface area contributed by atoms with Crippen molar-refractivity contribution < 1.29 is 0 Å². The van der Waals surface area contributed by atoms with Crippen molar-refractivity contribution >= 4 is 27.6 Å². The highest BCUT2D eigenvalue weighted by molar-refractivity contribution is 5.92. The van der Waals surface area contributed by atoms with Gasteiger partial charge in [-0.15, -0.1) is 10.2 Å². The second-order valence-corrected chi connectivity index (χ2v) is 7.03. The topological polar surface area (TPSA) is 95.4 Å². The molecule has 0 aliphatic rings. The van der Waals surface area contributed by atoms with Gasteiger partial charge in [0.05, 0.1) is 16.8 Å². The number of hydrogen-bond donors (Lipinski definition) is 1. The molecule has 5 rings (SSSR count). The fourth-order valence-electron chi connectivity index (χ4n) is 3.70. The van der Waals surface area contributed by atoms with Gasteiger partial charge in [0.15, 0.2) is 11.5 Å². The zero-order chi connectivity index (χ0) is 20.0. The van der Waals surface area contributed by atoms with Gasteiger partial charge in [0, 0.05) is 17.2 Å². The molecule has 0 amide bonds. The maximum Gasteiger partial charge on any atom is 0.187 e. The van der Waals surface area contributed by atoms with Crippen LogP contribution in [0.1, 0.15) is 22.8 Å². The van der Waals surface area contributed by atoms with E-state index >= 15 is 0 Å². The molecule has 2 aromatic carbocycles. The molecule has 0 saturated heterocycles. The number of aromatic nitrogens is 6. The second-order valence-electron chi connectivity index (χ2n) is 7.03. The van der Waals surface area contributed by atoms with E-state index in [4.69, 9.17) is 5.73 Å². The first-order chi connectivity index (χ1) is 14.1. The normalized spacial score (nSPS) is 11.4. The largest absolute Gasteiger partial charge is 0.383 e. The molecule has 142 valence electrons. The Morgan fingerprint density at radius 3 is 2.38 bits per heavy atom. The third-order valence-electron chi connectivity index (χ3n) is 5.06. The third kappa shape index (κ3) is 2.87. The standard InChI is InChI=1S/C22H19N7/c1-13-19-20(23)24-14(2)25-21(19)28-29(13)22-17-11-7-6-10-16(17)18(26-27-22)12-15-8-4-3-5-9-15/h3-11H,12H2,1-2H3,(H2,23,24,25,28). The van der Waals surface area contributed by atoms with Gasteiger partial charge >= 0.3 is 0 Å². The van der Waals surface area contributed by atoms with Crippen LogP contribution in [-0.2, 0) is 6.42 Å². The van der Waals surface area contributed by atoms with E-state index in [0.29, 0.717) is 29.5 Å². The Bertz CT molecular complexity index is 1360. The molecule has 29 heavy (non-hydrogen) atoms. The van der Waals surface area contributed by atoms with Crippen LogP contribution in [-0.4, -0.2) is 29.9 Å². The summed E-state index contributed by atoms with van der Waals surface area (Å²) in [6, 6.07) is 18.4. The fraction of sp³-hybridized carbons (Fsp3) is 0.136. The monoisotopic (exact) mass is 381 g/mol. The van der Waals surface area contributed by atoms with E-state index < -0.39 is 0 Å². The maximum absolute atomic E-state index is 6.13. The Kier molecular flexibility index (Phi) is 3.94. The lowest BCUT2D eigenvalue weighted by molar-refractivity contribution is 0.797. The maximum atomic E-state index is 6.13. The van der Waals surface area contributed by atoms with Gasteiger partial charge in [0.1, 0.15) is 11.6 Å². The molecule has 0 aliphatic carbocycles. The van der Waals surface area contributed by atoms with Crippen molar-refractivity contribution in [2.75, 3.05) is 5.73 Å². The lowest BCUT2D eigenvalue weighted by Crippen LogP contribution is -2.07. The van der Waals surface area contributed by atoms with Crippen molar-refractivity contribution in [3.8, 4) is 5.82 Å². The Morgan fingerprint density at radius 2 is 1.59 bits per heavy atom. The van der Waals surface area contributed by atoms with Gasteiger partial charge in [-0.2, -0.15) is 5.10 Å². The first-order valence-electron chi connectivity index (χ1n) is 9.40. The average Bonchev–Trinajstić information content (AvgIpc) is 3.05. The van der Waals surface area contributed by atoms with Gasteiger partial charge in [-0.3, -0.25) is 0 Å². The molecule has 0 aliphatic heterocycles. The Balaban J connectivity index is 1.71. The van der Waals surface area contributed by atoms with E-state index in [1.165, 1.54) is 5.56 Å². The van der Waals surface area contributed by atoms with Crippen LogP contribution in [0.2, 0.25) is 0 Å². The molecular weight excluding hydrogens is 362 g/mol. The number of rotatable bonds is 3. The number of fused-ring (bicyclic) bond motifs is 2. The second kappa shape index (κ2) is 6.63. The summed E-state index contributed by atoms with van der Waals surface area (Å²) in [4.78, 5) is 8.70. The summed E-state index contributed by atoms with van der Waals surface area (Å²) in [5.74, 6) is 1.67. The summed E-state index contributed by atoms with van der Waals surface area (Å²) >= 11 is 0. The molecule has 7 heteroatoms. The molecule has 0 saturated carbocycles. The number of nitrogens with zero attached hydrogens (tertiary/aromatic N) is 6. The first-order valence-corrected chi connectivity index (χ1v) is 9.40. The molecule has 5 aromatic rings. The number of aryl methyl sites for hydroxylation is 2. The van der Waals surface area contributed by atoms with E-state index in [0.717, 1.165) is 27.5 Å². The minimum atomic E-state index is 0.425. The van der Waals surface area contributed by atoms with Gasteiger partial charge < -0.3 is 5.73 Å². The van der Waals surface area contributed by atoms with Crippen LogP contribution in [0.5, 0.6) is 0 Å². The quantitative estimate of drug-likeness (QED) is 0.513. The predicted octanol–water partition coefficient (Wildman–Crippen LogP) is 3.55. The highest BCUT2D eigenvalue weighted by Crippen LogP contribution is 2.28. The molecule has 3 aromatic heterocycles.